The van der Waals surface area contributed by atoms with Gasteiger partial charge in [0, 0.05) is 5.69 Å². The normalized spacial score (nSPS) is 11.1. The van der Waals surface area contributed by atoms with Crippen molar-refractivity contribution in [1.29, 1.82) is 0 Å². The van der Waals surface area contributed by atoms with Crippen molar-refractivity contribution in [2.45, 2.75) is 6.18 Å². The first-order chi connectivity index (χ1) is 11.6. The summed E-state index contributed by atoms with van der Waals surface area (Å²) in [6.07, 6.45) is -5.00. The summed E-state index contributed by atoms with van der Waals surface area (Å²) in [5.74, 6) is -5.45. The predicted octanol–water partition coefficient (Wildman–Crippen LogP) is 4.08. The maximum atomic E-state index is 13.4. The molecule has 3 amide bonds. The zero-order valence-corrected chi connectivity index (χ0v) is 12.0. The van der Waals surface area contributed by atoms with Crippen LogP contribution in [0.15, 0.2) is 36.4 Å². The van der Waals surface area contributed by atoms with Gasteiger partial charge in [-0.05, 0) is 30.3 Å². The molecule has 132 valence electrons. The molecule has 0 aliphatic rings. The maximum absolute atomic E-state index is 13.4. The van der Waals surface area contributed by atoms with Gasteiger partial charge in [0.25, 0.3) is 5.91 Å². The number of halogens is 6. The van der Waals surface area contributed by atoms with Crippen LogP contribution in [-0.4, -0.2) is 11.9 Å². The van der Waals surface area contributed by atoms with E-state index in [1.165, 1.54) is 0 Å². The molecule has 0 aliphatic heterocycles. The summed E-state index contributed by atoms with van der Waals surface area (Å²) in [5, 5.41) is 3.39. The molecule has 2 N–H and O–H groups in total. The Balaban J connectivity index is 2.14. The van der Waals surface area contributed by atoms with Crippen molar-refractivity contribution in [2.75, 3.05) is 5.32 Å². The molecular weight excluding hydrogens is 354 g/mol. The number of urea groups is 1. The molecule has 0 radical (unpaired) electrons. The van der Waals surface area contributed by atoms with E-state index in [4.69, 9.17) is 0 Å². The van der Waals surface area contributed by atoms with E-state index in [-0.39, 0.29) is 0 Å². The number of benzene rings is 2. The van der Waals surface area contributed by atoms with Gasteiger partial charge in [-0.15, -0.1) is 0 Å². The minimum Gasteiger partial charge on any atom is -0.308 e. The van der Waals surface area contributed by atoms with Gasteiger partial charge in [-0.25, -0.2) is 18.0 Å². The van der Waals surface area contributed by atoms with Gasteiger partial charge in [-0.1, -0.05) is 6.07 Å². The molecule has 0 bridgehead atoms. The van der Waals surface area contributed by atoms with Gasteiger partial charge in [0.05, 0.1) is 5.56 Å². The summed E-state index contributed by atoms with van der Waals surface area (Å²) >= 11 is 0. The molecule has 0 fully saturated rings. The summed E-state index contributed by atoms with van der Waals surface area (Å²) in [5.41, 5.74) is -3.14. The van der Waals surface area contributed by atoms with Gasteiger partial charge in [0.2, 0.25) is 0 Å². The summed E-state index contributed by atoms with van der Waals surface area (Å²) in [6.45, 7) is 0. The van der Waals surface area contributed by atoms with E-state index in [2.05, 4.69) is 0 Å². The van der Waals surface area contributed by atoms with Crippen LogP contribution in [0.2, 0.25) is 0 Å². The smallest absolute Gasteiger partial charge is 0.308 e. The number of hydrogen-bond donors (Lipinski definition) is 2. The molecule has 0 unspecified atom stereocenters. The van der Waals surface area contributed by atoms with Gasteiger partial charge in [-0.3, -0.25) is 10.1 Å². The third-order valence-corrected chi connectivity index (χ3v) is 2.95. The molecule has 4 nitrogen and oxygen atoms in total. The number of carbonyl (C=O) groups excluding carboxylic acids is 2. The van der Waals surface area contributed by atoms with Crippen molar-refractivity contribution >= 4 is 17.6 Å². The molecule has 10 heteroatoms. The molecule has 25 heavy (non-hydrogen) atoms. The molecule has 0 saturated carbocycles. The lowest BCUT2D eigenvalue weighted by molar-refractivity contribution is -0.139. The maximum Gasteiger partial charge on any atom is 0.419 e. The fourth-order valence-corrected chi connectivity index (χ4v) is 1.86. The zero-order chi connectivity index (χ0) is 18.8. The Morgan fingerprint density at radius 3 is 2.04 bits per heavy atom. The van der Waals surface area contributed by atoms with Crippen LogP contribution in [0.5, 0.6) is 0 Å². The number of alkyl halides is 3. The number of carbonyl (C=O) groups is 2. The van der Waals surface area contributed by atoms with E-state index in [1.54, 1.807) is 5.32 Å². The van der Waals surface area contributed by atoms with Crippen molar-refractivity contribution in [3.8, 4) is 0 Å². The minimum absolute atomic E-state index is 0.309. The van der Waals surface area contributed by atoms with E-state index >= 15 is 0 Å². The zero-order valence-electron chi connectivity index (χ0n) is 12.0. The number of imide groups is 1. The van der Waals surface area contributed by atoms with Crippen molar-refractivity contribution in [1.82, 2.24) is 5.32 Å². The Morgan fingerprint density at radius 1 is 0.880 bits per heavy atom. The van der Waals surface area contributed by atoms with E-state index < -0.39 is 52.4 Å². The van der Waals surface area contributed by atoms with Crippen LogP contribution in [-0.2, 0) is 6.18 Å². The van der Waals surface area contributed by atoms with Crippen LogP contribution in [0.4, 0.5) is 36.8 Å². The van der Waals surface area contributed by atoms with Crippen molar-refractivity contribution < 1.29 is 35.9 Å². The van der Waals surface area contributed by atoms with Crippen LogP contribution in [0.3, 0.4) is 0 Å². The van der Waals surface area contributed by atoms with Crippen LogP contribution in [0, 0.1) is 17.5 Å². The Kier molecular flexibility index (Phi) is 5.00. The molecule has 0 aromatic heterocycles. The first-order valence-corrected chi connectivity index (χ1v) is 6.52. The number of anilines is 1. The number of rotatable bonds is 2. The summed E-state index contributed by atoms with van der Waals surface area (Å²) in [7, 11) is 0. The van der Waals surface area contributed by atoms with E-state index in [9.17, 15) is 35.9 Å². The summed E-state index contributed by atoms with van der Waals surface area (Å²) in [6, 6.07) is 2.81. The molecule has 0 saturated heterocycles. The van der Waals surface area contributed by atoms with Gasteiger partial charge >= 0.3 is 12.2 Å². The van der Waals surface area contributed by atoms with Crippen molar-refractivity contribution in [3.05, 3.63) is 65.0 Å². The predicted molar refractivity (Wildman–Crippen MR) is 74.2 cm³/mol. The fraction of sp³-hybridized carbons (Fsp3) is 0.0667. The van der Waals surface area contributed by atoms with Crippen LogP contribution >= 0.6 is 0 Å². The highest BCUT2D eigenvalue weighted by atomic mass is 19.4. The van der Waals surface area contributed by atoms with Crippen molar-refractivity contribution in [2.24, 2.45) is 0 Å². The Labute approximate surface area is 136 Å². The quantitative estimate of drug-likeness (QED) is 0.791. The molecular formula is C15H8F6N2O2. The highest BCUT2D eigenvalue weighted by Crippen LogP contribution is 2.32. The summed E-state index contributed by atoms with van der Waals surface area (Å²) in [4.78, 5) is 23.3. The summed E-state index contributed by atoms with van der Waals surface area (Å²) < 4.78 is 77.7. The standard InChI is InChI=1S/C15H8F6N2O2/c16-9-5-4-7(6-8(9)15(19,20)21)22-14(25)23-13(24)12-10(17)2-1-3-11(12)18/h1-6H,(H2,22,23,24,25). The lowest BCUT2D eigenvalue weighted by Gasteiger charge is -2.11. The van der Waals surface area contributed by atoms with Gasteiger partial charge < -0.3 is 5.32 Å². The van der Waals surface area contributed by atoms with Gasteiger partial charge in [-0.2, -0.15) is 13.2 Å². The second-order valence-corrected chi connectivity index (χ2v) is 4.70. The molecule has 0 spiro atoms. The van der Waals surface area contributed by atoms with Crippen LogP contribution in [0.25, 0.3) is 0 Å². The van der Waals surface area contributed by atoms with E-state index in [1.807, 2.05) is 5.32 Å². The second-order valence-electron chi connectivity index (χ2n) is 4.70. The largest absolute Gasteiger partial charge is 0.419 e. The third kappa shape index (κ3) is 4.28. The average molecular weight is 362 g/mol. The topological polar surface area (TPSA) is 58.2 Å². The first kappa shape index (κ1) is 18.3. The average Bonchev–Trinajstić information content (AvgIpc) is 2.47. The van der Waals surface area contributed by atoms with E-state index in [0.29, 0.717) is 12.1 Å². The Hall–Kier alpha value is -3.04. The molecule has 0 heterocycles. The first-order valence-electron chi connectivity index (χ1n) is 6.52. The highest BCUT2D eigenvalue weighted by molar-refractivity contribution is 6.08. The number of hydrogen-bond acceptors (Lipinski definition) is 2. The number of amides is 3. The van der Waals surface area contributed by atoms with E-state index in [0.717, 1.165) is 24.3 Å². The molecule has 0 atom stereocenters. The lowest BCUT2D eigenvalue weighted by atomic mass is 10.2. The molecule has 2 rings (SSSR count). The highest BCUT2D eigenvalue weighted by Gasteiger charge is 2.34. The SMILES string of the molecule is O=C(NC(=O)c1c(F)cccc1F)Nc1ccc(F)c(C(F)(F)F)c1. The minimum atomic E-state index is -5.00. The molecule has 0 aliphatic carbocycles. The Bertz CT molecular complexity index is 815. The monoisotopic (exact) mass is 362 g/mol. The fourth-order valence-electron chi connectivity index (χ4n) is 1.86. The number of nitrogens with one attached hydrogen (secondary N) is 2. The van der Waals surface area contributed by atoms with Crippen LogP contribution < -0.4 is 10.6 Å². The van der Waals surface area contributed by atoms with Crippen molar-refractivity contribution in [3.63, 3.8) is 0 Å². The Morgan fingerprint density at radius 2 is 1.48 bits per heavy atom. The van der Waals surface area contributed by atoms with Crippen LogP contribution in [0.1, 0.15) is 15.9 Å². The van der Waals surface area contributed by atoms with Gasteiger partial charge in [0.1, 0.15) is 23.0 Å². The third-order valence-electron chi connectivity index (χ3n) is 2.95. The van der Waals surface area contributed by atoms with Gasteiger partial charge in [0.15, 0.2) is 0 Å². The lowest BCUT2D eigenvalue weighted by Crippen LogP contribution is -2.35. The second kappa shape index (κ2) is 6.83. The molecule has 2 aromatic carbocycles. The molecule has 2 aromatic rings.